The predicted octanol–water partition coefficient (Wildman–Crippen LogP) is 4.86. The number of ether oxygens (including phenoxy) is 1. The Morgan fingerprint density at radius 2 is 2.00 bits per heavy atom. The third-order valence-corrected chi connectivity index (χ3v) is 4.64. The smallest absolute Gasteiger partial charge is 0.336 e. The summed E-state index contributed by atoms with van der Waals surface area (Å²) in [6.45, 7) is 9.64. The Kier molecular flexibility index (Phi) is 4.89. The van der Waals surface area contributed by atoms with E-state index in [-0.39, 0.29) is 34.3 Å². The third kappa shape index (κ3) is 3.51. The van der Waals surface area contributed by atoms with Crippen molar-refractivity contribution in [3.63, 3.8) is 0 Å². The van der Waals surface area contributed by atoms with Gasteiger partial charge in [0, 0.05) is 12.5 Å². The molecule has 5 heteroatoms. The van der Waals surface area contributed by atoms with E-state index in [1.807, 2.05) is 46.8 Å². The largest absolute Gasteiger partial charge is 0.506 e. The maximum absolute atomic E-state index is 13.0. The zero-order valence-corrected chi connectivity index (χ0v) is 16.5. The van der Waals surface area contributed by atoms with Crippen molar-refractivity contribution >= 4 is 22.8 Å². The van der Waals surface area contributed by atoms with Gasteiger partial charge in [0.05, 0.1) is 10.9 Å². The topological polar surface area (TPSA) is 76.7 Å². The Labute approximate surface area is 158 Å². The molecule has 1 aliphatic heterocycles. The monoisotopic (exact) mass is 370 g/mol. The van der Waals surface area contributed by atoms with E-state index in [2.05, 4.69) is 0 Å². The number of aromatic hydroxyl groups is 1. The van der Waals surface area contributed by atoms with E-state index < -0.39 is 11.2 Å². The van der Waals surface area contributed by atoms with Crippen molar-refractivity contribution in [3.05, 3.63) is 39.3 Å². The van der Waals surface area contributed by atoms with Crippen LogP contribution >= 0.6 is 0 Å². The highest BCUT2D eigenvalue weighted by Crippen LogP contribution is 2.46. The summed E-state index contributed by atoms with van der Waals surface area (Å²) in [6.07, 6.45) is 5.35. The van der Waals surface area contributed by atoms with Gasteiger partial charge in [-0.2, -0.15) is 0 Å². The first-order valence-corrected chi connectivity index (χ1v) is 9.41. The first kappa shape index (κ1) is 19.2. The van der Waals surface area contributed by atoms with Gasteiger partial charge in [-0.05, 0) is 43.9 Å². The summed E-state index contributed by atoms with van der Waals surface area (Å²) in [4.78, 5) is 25.1. The fourth-order valence-electron chi connectivity index (χ4n) is 3.50. The summed E-state index contributed by atoms with van der Waals surface area (Å²) >= 11 is 0. The fraction of sp³-hybridized carbons (Fsp3) is 0.455. The van der Waals surface area contributed by atoms with E-state index in [1.165, 1.54) is 6.07 Å². The Hall–Kier alpha value is -2.56. The molecule has 2 heterocycles. The molecule has 0 unspecified atom stereocenters. The van der Waals surface area contributed by atoms with Crippen molar-refractivity contribution in [2.75, 3.05) is 0 Å². The molecule has 0 bridgehead atoms. The number of ketones is 1. The second-order valence-electron chi connectivity index (χ2n) is 8.07. The molecular weight excluding hydrogens is 344 g/mol. The normalized spacial score (nSPS) is 15.0. The number of carbonyl (C=O) groups is 1. The quantitative estimate of drug-likeness (QED) is 0.600. The summed E-state index contributed by atoms with van der Waals surface area (Å²) in [5.41, 5.74) is 0.541. The number of rotatable bonds is 5. The van der Waals surface area contributed by atoms with Gasteiger partial charge in [0.1, 0.15) is 22.7 Å². The van der Waals surface area contributed by atoms with Crippen LogP contribution in [0.5, 0.6) is 11.5 Å². The molecule has 1 aromatic heterocycles. The van der Waals surface area contributed by atoms with Crippen molar-refractivity contribution in [3.8, 4) is 11.5 Å². The van der Waals surface area contributed by atoms with Gasteiger partial charge < -0.3 is 14.3 Å². The second-order valence-corrected chi connectivity index (χ2v) is 8.07. The lowest BCUT2D eigenvalue weighted by Crippen LogP contribution is -2.29. The minimum absolute atomic E-state index is 0.138. The number of benzene rings is 1. The first-order chi connectivity index (χ1) is 12.6. The van der Waals surface area contributed by atoms with Gasteiger partial charge in [-0.15, -0.1) is 0 Å². The van der Waals surface area contributed by atoms with E-state index in [0.717, 1.165) is 6.42 Å². The highest BCUT2D eigenvalue weighted by Gasteiger charge is 2.33. The average Bonchev–Trinajstić information content (AvgIpc) is 2.52. The molecule has 1 N–H and O–H groups in total. The molecule has 144 valence electrons. The van der Waals surface area contributed by atoms with Crippen LogP contribution in [0.25, 0.3) is 17.0 Å². The minimum Gasteiger partial charge on any atom is -0.506 e. The van der Waals surface area contributed by atoms with Crippen molar-refractivity contribution in [2.45, 2.75) is 59.5 Å². The van der Waals surface area contributed by atoms with Crippen LogP contribution in [-0.2, 0) is 6.42 Å². The molecule has 0 amide bonds. The lowest BCUT2D eigenvalue weighted by atomic mass is 9.90. The number of phenolic OH excluding ortho intramolecular Hbond substituents is 1. The van der Waals surface area contributed by atoms with Crippen LogP contribution < -0.4 is 10.4 Å². The Bertz CT molecular complexity index is 992. The van der Waals surface area contributed by atoms with Crippen molar-refractivity contribution in [1.82, 2.24) is 0 Å². The zero-order valence-electron chi connectivity index (χ0n) is 16.5. The van der Waals surface area contributed by atoms with Crippen molar-refractivity contribution in [2.24, 2.45) is 5.92 Å². The van der Waals surface area contributed by atoms with Gasteiger partial charge in [0.15, 0.2) is 11.4 Å². The lowest BCUT2D eigenvalue weighted by molar-refractivity contribution is 0.0952. The summed E-state index contributed by atoms with van der Waals surface area (Å²) in [5, 5.41) is 11.5. The van der Waals surface area contributed by atoms with Crippen LogP contribution in [0.2, 0.25) is 0 Å². The lowest BCUT2D eigenvalue weighted by Gasteiger charge is -2.30. The fourth-order valence-corrected chi connectivity index (χ4v) is 3.50. The molecule has 3 rings (SSSR count). The molecule has 1 aliphatic rings. The molecule has 0 fully saturated rings. The van der Waals surface area contributed by atoms with Gasteiger partial charge in [-0.1, -0.05) is 27.2 Å². The van der Waals surface area contributed by atoms with Crippen LogP contribution in [0.1, 0.15) is 68.9 Å². The van der Waals surface area contributed by atoms with Crippen molar-refractivity contribution in [1.29, 1.82) is 0 Å². The predicted molar refractivity (Wildman–Crippen MR) is 106 cm³/mol. The van der Waals surface area contributed by atoms with Gasteiger partial charge in [0.25, 0.3) is 0 Å². The summed E-state index contributed by atoms with van der Waals surface area (Å²) in [5.74, 6) is 0.0854. The van der Waals surface area contributed by atoms with E-state index in [1.54, 1.807) is 0 Å². The molecule has 0 saturated carbocycles. The van der Waals surface area contributed by atoms with Crippen LogP contribution in [-0.4, -0.2) is 16.5 Å². The Morgan fingerprint density at radius 3 is 2.63 bits per heavy atom. The molecule has 0 atom stereocenters. The van der Waals surface area contributed by atoms with Crippen LogP contribution in [0.4, 0.5) is 0 Å². The van der Waals surface area contributed by atoms with Gasteiger partial charge in [-0.3, -0.25) is 4.79 Å². The Balaban J connectivity index is 2.43. The Morgan fingerprint density at radius 1 is 1.30 bits per heavy atom. The molecule has 0 radical (unpaired) electrons. The molecule has 2 aromatic rings. The van der Waals surface area contributed by atoms with Crippen molar-refractivity contribution < 1.29 is 19.1 Å². The number of hydrogen-bond acceptors (Lipinski definition) is 5. The minimum atomic E-state index is -0.638. The van der Waals surface area contributed by atoms with Gasteiger partial charge >= 0.3 is 5.63 Å². The number of Topliss-reactive ketones (excluding diaryl/α,β-unsaturated/α-hetero) is 1. The molecular formula is C22H26O5. The highest BCUT2D eigenvalue weighted by atomic mass is 16.5. The second kappa shape index (κ2) is 6.87. The van der Waals surface area contributed by atoms with E-state index >= 15 is 0 Å². The molecule has 27 heavy (non-hydrogen) atoms. The number of phenols is 1. The van der Waals surface area contributed by atoms with Gasteiger partial charge in [0.2, 0.25) is 0 Å². The van der Waals surface area contributed by atoms with Crippen LogP contribution in [0, 0.1) is 5.92 Å². The maximum atomic E-state index is 13.0. The molecule has 1 aromatic carbocycles. The van der Waals surface area contributed by atoms with E-state index in [4.69, 9.17) is 9.15 Å². The molecule has 0 aliphatic carbocycles. The zero-order chi connectivity index (χ0) is 19.9. The van der Waals surface area contributed by atoms with Gasteiger partial charge in [-0.25, -0.2) is 4.79 Å². The standard InChI is InChI=1S/C22H26O5/c1-6-7-13-11-16(24)26-20-14-8-9-22(4,5)27-21(14)18(19(25)17(13)20)15(23)10-12(2)3/h8-9,11-12,25H,6-7,10H2,1-5H3. The van der Waals surface area contributed by atoms with Crippen LogP contribution in [0.15, 0.2) is 21.4 Å². The maximum Gasteiger partial charge on any atom is 0.336 e. The first-order valence-electron chi connectivity index (χ1n) is 9.41. The SMILES string of the molecule is CCCc1cc(=O)oc2c3c(c(C(=O)CC(C)C)c(O)c12)OC(C)(C)C=C3. The molecule has 0 spiro atoms. The van der Waals surface area contributed by atoms with Crippen LogP contribution in [0.3, 0.4) is 0 Å². The number of fused-ring (bicyclic) bond motifs is 3. The molecule has 0 saturated heterocycles. The number of hydrogen-bond donors (Lipinski definition) is 1. The summed E-state index contributed by atoms with van der Waals surface area (Å²) < 4.78 is 11.5. The average molecular weight is 370 g/mol. The number of carbonyl (C=O) groups excluding carboxylic acids is 1. The molecule has 5 nitrogen and oxygen atoms in total. The van der Waals surface area contributed by atoms with E-state index in [9.17, 15) is 14.7 Å². The summed E-state index contributed by atoms with van der Waals surface area (Å²) in [6, 6.07) is 1.39. The summed E-state index contributed by atoms with van der Waals surface area (Å²) in [7, 11) is 0. The number of aryl methyl sites for hydroxylation is 1. The third-order valence-electron chi connectivity index (χ3n) is 4.64. The van der Waals surface area contributed by atoms with E-state index in [0.29, 0.717) is 29.4 Å². The highest BCUT2D eigenvalue weighted by molar-refractivity contribution is 6.10.